The predicted molar refractivity (Wildman–Crippen MR) is 89.2 cm³/mol. The molecule has 0 saturated heterocycles. The smallest absolute Gasteiger partial charge is 0.235 e. The van der Waals surface area contributed by atoms with Crippen LogP contribution in [0, 0.1) is 6.92 Å². The van der Waals surface area contributed by atoms with E-state index < -0.39 is 0 Å². The Morgan fingerprint density at radius 2 is 2.14 bits per heavy atom. The third-order valence-corrected chi connectivity index (χ3v) is 4.29. The molecule has 1 aromatic carbocycles. The van der Waals surface area contributed by atoms with Crippen LogP contribution in [0.3, 0.4) is 0 Å². The highest BCUT2D eigenvalue weighted by atomic mass is 35.5. The number of nitrogens with zero attached hydrogens (tertiary/aromatic N) is 1. The van der Waals surface area contributed by atoms with Crippen molar-refractivity contribution in [1.29, 1.82) is 0 Å². The summed E-state index contributed by atoms with van der Waals surface area (Å²) in [4.78, 5) is 16.9. The molecule has 110 valence electrons. The average molecular weight is 342 g/mol. The van der Waals surface area contributed by atoms with Crippen molar-refractivity contribution in [1.82, 2.24) is 4.98 Å². The lowest BCUT2D eigenvalue weighted by Crippen LogP contribution is -2.15. The molecule has 0 aliphatic heterocycles. The Kier molecular flexibility index (Phi) is 5.33. The number of halogens is 2. The molecular formula is C14H13Cl2N3OS. The van der Waals surface area contributed by atoms with Crippen LogP contribution in [-0.4, -0.2) is 16.6 Å². The molecule has 0 bridgehead atoms. The van der Waals surface area contributed by atoms with Gasteiger partial charge in [-0.3, -0.25) is 4.79 Å². The number of nitrogens with two attached hydrogens (primary N) is 1. The van der Waals surface area contributed by atoms with Crippen molar-refractivity contribution in [3.63, 3.8) is 0 Å². The van der Waals surface area contributed by atoms with Crippen LogP contribution >= 0.6 is 35.0 Å². The lowest BCUT2D eigenvalue weighted by molar-refractivity contribution is -0.113. The highest BCUT2D eigenvalue weighted by molar-refractivity contribution is 8.00. The third-order valence-electron chi connectivity index (χ3n) is 2.62. The molecule has 0 radical (unpaired) electrons. The number of hydrogen-bond donors (Lipinski definition) is 2. The van der Waals surface area contributed by atoms with Crippen LogP contribution in [0.4, 0.5) is 11.5 Å². The number of anilines is 2. The Balaban J connectivity index is 1.96. The quantitative estimate of drug-likeness (QED) is 0.651. The van der Waals surface area contributed by atoms with Gasteiger partial charge in [-0.2, -0.15) is 0 Å². The van der Waals surface area contributed by atoms with Crippen LogP contribution in [0.15, 0.2) is 35.4 Å². The second kappa shape index (κ2) is 7.02. The number of hydrogen-bond acceptors (Lipinski definition) is 4. The van der Waals surface area contributed by atoms with Gasteiger partial charge in [0.1, 0.15) is 0 Å². The molecule has 1 heterocycles. The zero-order valence-corrected chi connectivity index (χ0v) is 13.5. The average Bonchev–Trinajstić information content (AvgIpc) is 2.41. The maximum absolute atomic E-state index is 11.9. The molecule has 0 spiro atoms. The van der Waals surface area contributed by atoms with E-state index in [2.05, 4.69) is 10.3 Å². The van der Waals surface area contributed by atoms with Gasteiger partial charge in [0, 0.05) is 16.8 Å². The van der Waals surface area contributed by atoms with Gasteiger partial charge in [-0.25, -0.2) is 4.98 Å². The summed E-state index contributed by atoms with van der Waals surface area (Å²) in [5.41, 5.74) is 7.44. The summed E-state index contributed by atoms with van der Waals surface area (Å²) in [6.07, 6.45) is 1.43. The minimum atomic E-state index is -0.187. The van der Waals surface area contributed by atoms with Crippen molar-refractivity contribution in [2.24, 2.45) is 0 Å². The predicted octanol–water partition coefficient (Wildman–Crippen LogP) is 4.01. The molecule has 1 amide bonds. The summed E-state index contributed by atoms with van der Waals surface area (Å²) in [6, 6.07) is 7.11. The number of carbonyl (C=O) groups is 1. The maximum atomic E-state index is 11.9. The summed E-state index contributed by atoms with van der Waals surface area (Å²) >= 11 is 13.1. The Morgan fingerprint density at radius 3 is 2.81 bits per heavy atom. The third kappa shape index (κ3) is 4.52. The number of aryl methyl sites for hydroxylation is 1. The van der Waals surface area contributed by atoms with E-state index in [1.165, 1.54) is 24.0 Å². The topological polar surface area (TPSA) is 68.0 Å². The molecular weight excluding hydrogens is 329 g/mol. The molecule has 0 unspecified atom stereocenters. The van der Waals surface area contributed by atoms with E-state index >= 15 is 0 Å². The molecule has 2 aromatic rings. The van der Waals surface area contributed by atoms with Crippen molar-refractivity contribution in [3.05, 3.63) is 46.1 Å². The van der Waals surface area contributed by atoms with Gasteiger partial charge in [0.05, 0.1) is 15.8 Å². The summed E-state index contributed by atoms with van der Waals surface area (Å²) in [7, 11) is 0. The Labute approximate surface area is 137 Å². The largest absolute Gasteiger partial charge is 0.399 e. The first-order valence-corrected chi connectivity index (χ1v) is 7.79. The minimum Gasteiger partial charge on any atom is -0.399 e. The van der Waals surface area contributed by atoms with E-state index in [0.717, 1.165) is 10.5 Å². The van der Waals surface area contributed by atoms with E-state index in [4.69, 9.17) is 28.9 Å². The number of aromatic nitrogens is 1. The second-order valence-corrected chi connectivity index (χ2v) is 6.21. The zero-order valence-electron chi connectivity index (χ0n) is 11.2. The monoisotopic (exact) mass is 341 g/mol. The van der Waals surface area contributed by atoms with Crippen LogP contribution in [0.25, 0.3) is 0 Å². The van der Waals surface area contributed by atoms with Gasteiger partial charge in [-0.1, -0.05) is 23.2 Å². The lowest BCUT2D eigenvalue weighted by Gasteiger charge is -2.08. The van der Waals surface area contributed by atoms with Gasteiger partial charge >= 0.3 is 0 Å². The molecule has 0 saturated carbocycles. The summed E-state index contributed by atoms with van der Waals surface area (Å²) in [5, 5.41) is 3.38. The number of benzene rings is 1. The Bertz CT molecular complexity index is 679. The number of rotatable bonds is 4. The fraction of sp³-hybridized carbons (Fsp3) is 0.143. The zero-order chi connectivity index (χ0) is 15.4. The molecule has 3 N–H and O–H groups in total. The minimum absolute atomic E-state index is 0.187. The first-order valence-electron chi connectivity index (χ1n) is 6.05. The van der Waals surface area contributed by atoms with Gasteiger partial charge in [0.2, 0.25) is 5.91 Å². The molecule has 0 atom stereocenters. The van der Waals surface area contributed by atoms with Crippen molar-refractivity contribution >= 4 is 52.4 Å². The fourth-order valence-electron chi connectivity index (χ4n) is 1.65. The van der Waals surface area contributed by atoms with Crippen LogP contribution in [0.1, 0.15) is 5.56 Å². The molecule has 4 nitrogen and oxygen atoms in total. The van der Waals surface area contributed by atoms with Gasteiger partial charge in [0.15, 0.2) is 5.82 Å². The highest BCUT2D eigenvalue weighted by Crippen LogP contribution is 2.25. The number of nitrogen functional groups attached to an aromatic ring is 1. The summed E-state index contributed by atoms with van der Waals surface area (Å²) < 4.78 is 0. The number of thioether (sulfide) groups is 1. The first-order chi connectivity index (χ1) is 9.95. The number of pyridine rings is 1. The van der Waals surface area contributed by atoms with E-state index in [1.807, 2.05) is 25.1 Å². The molecule has 2 rings (SSSR count). The van der Waals surface area contributed by atoms with E-state index in [1.54, 1.807) is 0 Å². The van der Waals surface area contributed by atoms with E-state index in [9.17, 15) is 4.79 Å². The molecule has 21 heavy (non-hydrogen) atoms. The molecule has 7 heteroatoms. The van der Waals surface area contributed by atoms with Crippen LogP contribution < -0.4 is 11.1 Å². The number of nitrogens with one attached hydrogen (secondary N) is 1. The molecule has 0 aliphatic rings. The summed E-state index contributed by atoms with van der Waals surface area (Å²) in [5.74, 6) is 0.374. The van der Waals surface area contributed by atoms with Crippen molar-refractivity contribution < 1.29 is 4.79 Å². The second-order valence-electron chi connectivity index (χ2n) is 4.35. The fourth-order valence-corrected chi connectivity index (χ4v) is 2.89. The van der Waals surface area contributed by atoms with Gasteiger partial charge in [-0.05, 0) is 36.8 Å². The molecule has 0 fully saturated rings. The van der Waals surface area contributed by atoms with Crippen LogP contribution in [0.2, 0.25) is 10.0 Å². The van der Waals surface area contributed by atoms with E-state index in [-0.39, 0.29) is 11.7 Å². The summed E-state index contributed by atoms with van der Waals surface area (Å²) in [6.45, 7) is 1.95. The molecule has 0 aliphatic carbocycles. The molecule has 1 aromatic heterocycles. The van der Waals surface area contributed by atoms with Gasteiger partial charge < -0.3 is 11.1 Å². The van der Waals surface area contributed by atoms with Crippen LogP contribution in [-0.2, 0) is 4.79 Å². The van der Waals surface area contributed by atoms with Crippen molar-refractivity contribution in [3.8, 4) is 0 Å². The Hall–Kier alpha value is -1.43. The normalized spacial score (nSPS) is 10.4. The van der Waals surface area contributed by atoms with Gasteiger partial charge in [-0.15, -0.1) is 11.8 Å². The van der Waals surface area contributed by atoms with Crippen molar-refractivity contribution in [2.75, 3.05) is 16.8 Å². The number of carbonyl (C=O) groups excluding carboxylic acids is 1. The van der Waals surface area contributed by atoms with E-state index in [0.29, 0.717) is 21.6 Å². The highest BCUT2D eigenvalue weighted by Gasteiger charge is 2.09. The maximum Gasteiger partial charge on any atom is 0.235 e. The lowest BCUT2D eigenvalue weighted by atomic mass is 10.2. The standard InChI is InChI=1S/C14H13Cl2N3OS/c1-8-4-10(17)2-3-12(8)21-7-13(20)19-14-11(16)5-9(15)6-18-14/h2-6H,7,17H2,1H3,(H,18,19,20). The van der Waals surface area contributed by atoms with Gasteiger partial charge in [0.25, 0.3) is 0 Å². The van der Waals surface area contributed by atoms with Crippen LogP contribution in [0.5, 0.6) is 0 Å². The SMILES string of the molecule is Cc1cc(N)ccc1SCC(=O)Nc1ncc(Cl)cc1Cl. The first kappa shape index (κ1) is 15.9. The van der Waals surface area contributed by atoms with Crippen molar-refractivity contribution in [2.45, 2.75) is 11.8 Å². The number of amides is 1. The Morgan fingerprint density at radius 1 is 1.38 bits per heavy atom.